The molecule has 1 fully saturated rings. The SMILES string of the molecule is Cc1ncc(CN2CCC(n3cc(-c4ccc(F)cc4)nn3)CC2)cn1.O=C(O)C(F)(F)F. The molecule has 3 aromatic rings. The van der Waals surface area contributed by atoms with Gasteiger partial charge < -0.3 is 5.11 Å². The molecule has 0 unspecified atom stereocenters. The van der Waals surface area contributed by atoms with Crippen LogP contribution in [0.2, 0.25) is 0 Å². The molecule has 1 aliphatic rings. The predicted octanol–water partition coefficient (Wildman–Crippen LogP) is 3.65. The summed E-state index contributed by atoms with van der Waals surface area (Å²) < 4.78 is 46.7. The van der Waals surface area contributed by atoms with Crippen molar-refractivity contribution in [3.63, 3.8) is 0 Å². The van der Waals surface area contributed by atoms with Crippen molar-refractivity contribution in [2.24, 2.45) is 0 Å². The molecule has 0 saturated carbocycles. The Balaban J connectivity index is 0.000000383. The van der Waals surface area contributed by atoms with Crippen LogP contribution in [-0.4, -0.2) is 60.2 Å². The molecule has 176 valence electrons. The summed E-state index contributed by atoms with van der Waals surface area (Å²) in [5.41, 5.74) is 2.81. The Hall–Kier alpha value is -3.41. The number of piperidine rings is 1. The van der Waals surface area contributed by atoms with E-state index in [1.165, 1.54) is 12.1 Å². The molecule has 1 aromatic carbocycles. The van der Waals surface area contributed by atoms with Gasteiger partial charge in [-0.15, -0.1) is 5.10 Å². The molecule has 0 atom stereocenters. The van der Waals surface area contributed by atoms with Gasteiger partial charge in [0.2, 0.25) is 0 Å². The third-order valence-electron chi connectivity index (χ3n) is 5.06. The van der Waals surface area contributed by atoms with Crippen molar-refractivity contribution < 1.29 is 27.5 Å². The van der Waals surface area contributed by atoms with E-state index in [-0.39, 0.29) is 5.82 Å². The average molecular weight is 466 g/mol. The van der Waals surface area contributed by atoms with Crippen LogP contribution in [-0.2, 0) is 11.3 Å². The minimum atomic E-state index is -5.08. The third kappa shape index (κ3) is 7.04. The van der Waals surface area contributed by atoms with E-state index in [4.69, 9.17) is 9.90 Å². The number of alkyl halides is 3. The van der Waals surface area contributed by atoms with Gasteiger partial charge in [0.1, 0.15) is 17.3 Å². The van der Waals surface area contributed by atoms with Crippen molar-refractivity contribution in [3.8, 4) is 11.3 Å². The van der Waals surface area contributed by atoms with Crippen LogP contribution in [0.15, 0.2) is 42.9 Å². The number of hydrogen-bond acceptors (Lipinski definition) is 6. The second kappa shape index (κ2) is 10.5. The summed E-state index contributed by atoms with van der Waals surface area (Å²) in [5.74, 6) is -2.20. The zero-order valence-electron chi connectivity index (χ0n) is 17.7. The highest BCUT2D eigenvalue weighted by Gasteiger charge is 2.38. The summed E-state index contributed by atoms with van der Waals surface area (Å²) in [6.45, 7) is 4.79. The standard InChI is InChI=1S/C19H21FN6.C2HF3O2/c1-14-21-10-15(11-22-14)12-25-8-6-18(7-9-25)26-13-19(23-24-26)16-2-4-17(20)5-3-16;3-2(4,5)1(6)7/h2-5,10-11,13,18H,6-9,12H2,1H3;(H,6,7). The van der Waals surface area contributed by atoms with Gasteiger partial charge >= 0.3 is 12.1 Å². The number of benzene rings is 1. The number of carboxylic acid groups (broad SMARTS) is 1. The van der Waals surface area contributed by atoms with Crippen molar-refractivity contribution >= 4 is 5.97 Å². The molecule has 33 heavy (non-hydrogen) atoms. The summed E-state index contributed by atoms with van der Waals surface area (Å²) in [4.78, 5) is 19.8. The molecule has 3 heterocycles. The Morgan fingerprint density at radius 3 is 2.24 bits per heavy atom. The monoisotopic (exact) mass is 466 g/mol. The lowest BCUT2D eigenvalue weighted by molar-refractivity contribution is -0.192. The molecule has 2 aromatic heterocycles. The number of aryl methyl sites for hydroxylation is 1. The lowest BCUT2D eigenvalue weighted by Crippen LogP contribution is -2.34. The van der Waals surface area contributed by atoms with Crippen molar-refractivity contribution in [3.05, 3.63) is 60.1 Å². The average Bonchev–Trinajstić information content (AvgIpc) is 3.26. The van der Waals surface area contributed by atoms with E-state index < -0.39 is 12.1 Å². The van der Waals surface area contributed by atoms with Crippen LogP contribution in [0.25, 0.3) is 11.3 Å². The topological polar surface area (TPSA) is 97.0 Å². The zero-order chi connectivity index (χ0) is 24.0. The zero-order valence-corrected chi connectivity index (χ0v) is 17.7. The van der Waals surface area contributed by atoms with Crippen molar-refractivity contribution in [2.75, 3.05) is 13.1 Å². The minimum Gasteiger partial charge on any atom is -0.475 e. The fourth-order valence-electron chi connectivity index (χ4n) is 3.31. The Labute approximate surface area is 186 Å². The van der Waals surface area contributed by atoms with E-state index in [9.17, 15) is 17.6 Å². The molecule has 0 spiro atoms. The predicted molar refractivity (Wildman–Crippen MR) is 109 cm³/mol. The number of nitrogens with zero attached hydrogens (tertiary/aromatic N) is 6. The number of halogens is 4. The molecule has 1 N–H and O–H groups in total. The van der Waals surface area contributed by atoms with Crippen LogP contribution in [0.4, 0.5) is 17.6 Å². The number of rotatable bonds is 4. The normalized spacial score (nSPS) is 15.1. The van der Waals surface area contributed by atoms with Gasteiger partial charge in [0.15, 0.2) is 0 Å². The van der Waals surface area contributed by atoms with E-state index >= 15 is 0 Å². The first kappa shape index (κ1) is 24.2. The maximum absolute atomic E-state index is 13.1. The number of likely N-dealkylation sites (tertiary alicyclic amines) is 1. The molecular formula is C21H22F4N6O2. The second-order valence-corrected chi connectivity index (χ2v) is 7.54. The molecule has 0 radical (unpaired) electrons. The van der Waals surface area contributed by atoms with Crippen LogP contribution in [0.1, 0.15) is 30.3 Å². The number of aromatic nitrogens is 5. The largest absolute Gasteiger partial charge is 0.490 e. The van der Waals surface area contributed by atoms with Crippen LogP contribution in [0.3, 0.4) is 0 Å². The van der Waals surface area contributed by atoms with Gasteiger partial charge in [-0.2, -0.15) is 13.2 Å². The van der Waals surface area contributed by atoms with Crippen molar-refractivity contribution in [1.82, 2.24) is 29.9 Å². The quantitative estimate of drug-likeness (QED) is 0.586. The molecule has 0 aliphatic carbocycles. The van der Waals surface area contributed by atoms with E-state index in [0.717, 1.165) is 55.1 Å². The highest BCUT2D eigenvalue weighted by Crippen LogP contribution is 2.25. The maximum atomic E-state index is 13.1. The lowest BCUT2D eigenvalue weighted by atomic mass is 10.0. The van der Waals surface area contributed by atoms with Gasteiger partial charge in [-0.25, -0.2) is 23.8 Å². The van der Waals surface area contributed by atoms with Crippen LogP contribution < -0.4 is 0 Å². The molecule has 12 heteroatoms. The number of carbonyl (C=O) groups is 1. The van der Waals surface area contributed by atoms with Gasteiger partial charge in [-0.3, -0.25) is 4.90 Å². The van der Waals surface area contributed by atoms with E-state index in [2.05, 4.69) is 25.2 Å². The van der Waals surface area contributed by atoms with Crippen LogP contribution in [0.5, 0.6) is 0 Å². The maximum Gasteiger partial charge on any atom is 0.490 e. The Bertz CT molecular complexity index is 1050. The molecule has 1 aliphatic heterocycles. The smallest absolute Gasteiger partial charge is 0.475 e. The number of hydrogen-bond donors (Lipinski definition) is 1. The fraction of sp³-hybridized carbons (Fsp3) is 0.381. The van der Waals surface area contributed by atoms with Crippen LogP contribution >= 0.6 is 0 Å². The first-order valence-corrected chi connectivity index (χ1v) is 10.1. The van der Waals surface area contributed by atoms with Gasteiger partial charge in [-0.05, 0) is 44.0 Å². The first-order valence-electron chi connectivity index (χ1n) is 10.1. The molecule has 4 rings (SSSR count). The minimum absolute atomic E-state index is 0.243. The van der Waals surface area contributed by atoms with Crippen LogP contribution in [0, 0.1) is 12.7 Å². The van der Waals surface area contributed by atoms with E-state index in [1.54, 1.807) is 12.1 Å². The van der Waals surface area contributed by atoms with E-state index in [0.29, 0.717) is 6.04 Å². The Morgan fingerprint density at radius 2 is 1.70 bits per heavy atom. The van der Waals surface area contributed by atoms with Gasteiger partial charge in [0, 0.05) is 43.2 Å². The number of carboxylic acids is 1. The highest BCUT2D eigenvalue weighted by atomic mass is 19.4. The molecule has 0 bridgehead atoms. The van der Waals surface area contributed by atoms with Crippen molar-refractivity contribution in [1.29, 1.82) is 0 Å². The fourth-order valence-corrected chi connectivity index (χ4v) is 3.31. The van der Waals surface area contributed by atoms with Gasteiger partial charge in [0.25, 0.3) is 0 Å². The van der Waals surface area contributed by atoms with Gasteiger partial charge in [0.05, 0.1) is 12.2 Å². The molecule has 0 amide bonds. The molecule has 1 saturated heterocycles. The summed E-state index contributed by atoms with van der Waals surface area (Å²) >= 11 is 0. The molecule has 8 nitrogen and oxygen atoms in total. The Kier molecular flexibility index (Phi) is 7.69. The summed E-state index contributed by atoms with van der Waals surface area (Å²) in [7, 11) is 0. The lowest BCUT2D eigenvalue weighted by Gasteiger charge is -2.31. The number of aliphatic carboxylic acids is 1. The van der Waals surface area contributed by atoms with Crippen molar-refractivity contribution in [2.45, 2.75) is 38.5 Å². The summed E-state index contributed by atoms with van der Waals surface area (Å²) in [6.07, 6.45) is 2.74. The van der Waals surface area contributed by atoms with Gasteiger partial charge in [-0.1, -0.05) is 5.21 Å². The second-order valence-electron chi connectivity index (χ2n) is 7.54. The highest BCUT2D eigenvalue weighted by molar-refractivity contribution is 5.73. The first-order chi connectivity index (χ1) is 15.6. The molecular weight excluding hydrogens is 444 g/mol. The summed E-state index contributed by atoms with van der Waals surface area (Å²) in [6, 6.07) is 6.71. The summed E-state index contributed by atoms with van der Waals surface area (Å²) in [5, 5.41) is 15.7. The third-order valence-corrected chi connectivity index (χ3v) is 5.06. The van der Waals surface area contributed by atoms with E-state index in [1.807, 2.05) is 30.2 Å². The Morgan fingerprint density at radius 1 is 1.12 bits per heavy atom.